The minimum atomic E-state index is -3.96. The number of hydrogen-bond donors (Lipinski definition) is 0. The van der Waals surface area contributed by atoms with Crippen molar-refractivity contribution in [3.05, 3.63) is 53.9 Å². The molecule has 0 aliphatic carbocycles. The van der Waals surface area contributed by atoms with E-state index in [1.54, 1.807) is 49.0 Å². The topological polar surface area (TPSA) is 84.4 Å². The quantitative estimate of drug-likeness (QED) is 0.639. The van der Waals surface area contributed by atoms with E-state index in [1.807, 2.05) is 6.07 Å². The Morgan fingerprint density at radius 1 is 1.29 bits per heavy atom. The van der Waals surface area contributed by atoms with E-state index in [0.717, 1.165) is 0 Å². The summed E-state index contributed by atoms with van der Waals surface area (Å²) in [6.45, 7) is 1.58. The van der Waals surface area contributed by atoms with Crippen LogP contribution in [0.3, 0.4) is 0 Å². The number of benzene rings is 1. The Bertz CT molecular complexity index is 815. The van der Waals surface area contributed by atoms with E-state index in [9.17, 15) is 8.42 Å². The molecule has 1 aromatic heterocycles. The summed E-state index contributed by atoms with van der Waals surface area (Å²) in [5, 5.41) is 12.7. The van der Waals surface area contributed by atoms with E-state index < -0.39 is 10.1 Å². The Kier molecular flexibility index (Phi) is 4.10. The zero-order valence-electron chi connectivity index (χ0n) is 11.5. The summed E-state index contributed by atoms with van der Waals surface area (Å²) in [5.41, 5.74) is 1.22. The molecule has 1 heterocycles. The monoisotopic (exact) mass is 303 g/mol. The Morgan fingerprint density at radius 3 is 2.57 bits per heavy atom. The molecule has 2 rings (SSSR count). The van der Waals surface area contributed by atoms with E-state index in [2.05, 4.69) is 5.16 Å². The first kappa shape index (κ1) is 14.8. The van der Waals surface area contributed by atoms with Crippen molar-refractivity contribution in [3.8, 4) is 6.07 Å². The van der Waals surface area contributed by atoms with Gasteiger partial charge in [-0.2, -0.15) is 13.7 Å². The van der Waals surface area contributed by atoms with Crippen molar-refractivity contribution >= 4 is 15.8 Å². The molecule has 0 fully saturated rings. The van der Waals surface area contributed by atoms with Crippen molar-refractivity contribution in [2.75, 3.05) is 0 Å². The Balaban J connectivity index is 2.29. The van der Waals surface area contributed by atoms with Crippen molar-refractivity contribution in [3.63, 3.8) is 0 Å². The molecule has 0 unspecified atom stereocenters. The average Bonchev–Trinajstić information content (AvgIpc) is 2.87. The summed E-state index contributed by atoms with van der Waals surface area (Å²) in [4.78, 5) is 0.0222. The minimum absolute atomic E-state index is 0.0222. The molecular formula is C14H13N3O3S. The summed E-state index contributed by atoms with van der Waals surface area (Å²) < 4.78 is 30.3. The zero-order chi connectivity index (χ0) is 15.5. The molecule has 21 heavy (non-hydrogen) atoms. The van der Waals surface area contributed by atoms with Gasteiger partial charge in [0.05, 0.1) is 11.3 Å². The molecule has 0 bridgehead atoms. The highest BCUT2D eigenvalue weighted by atomic mass is 32.2. The van der Waals surface area contributed by atoms with Crippen molar-refractivity contribution in [2.24, 2.45) is 12.2 Å². The molecule has 0 N–H and O–H groups in total. The second kappa shape index (κ2) is 5.81. The first-order chi connectivity index (χ1) is 9.95. The Hall–Kier alpha value is -2.59. The first-order valence-electron chi connectivity index (χ1n) is 6.05. The van der Waals surface area contributed by atoms with Crippen LogP contribution in [0.2, 0.25) is 0 Å². The number of nitriles is 1. The lowest BCUT2D eigenvalue weighted by Gasteiger charge is -2.05. The second-order valence-electron chi connectivity index (χ2n) is 4.32. The molecule has 0 saturated heterocycles. The fourth-order valence-electron chi connectivity index (χ4n) is 1.85. The fraction of sp³-hybridized carbons (Fsp3) is 0.143. The third-order valence-corrected chi connectivity index (χ3v) is 3.96. The van der Waals surface area contributed by atoms with Gasteiger partial charge in [-0.05, 0) is 25.1 Å². The average molecular weight is 303 g/mol. The van der Waals surface area contributed by atoms with Crippen LogP contribution in [-0.2, 0) is 21.4 Å². The number of hydrogen-bond acceptors (Lipinski definition) is 5. The third-order valence-electron chi connectivity index (χ3n) is 2.84. The van der Waals surface area contributed by atoms with Crippen LogP contribution in [0.4, 0.5) is 0 Å². The summed E-state index contributed by atoms with van der Waals surface area (Å²) in [5.74, 6) is 0. The molecule has 0 aliphatic rings. The highest BCUT2D eigenvalue weighted by Gasteiger charge is 2.16. The highest BCUT2D eigenvalue weighted by molar-refractivity contribution is 7.86. The lowest BCUT2D eigenvalue weighted by atomic mass is 10.2. The van der Waals surface area contributed by atoms with E-state index in [1.165, 1.54) is 12.1 Å². The third kappa shape index (κ3) is 3.12. The van der Waals surface area contributed by atoms with E-state index in [-0.39, 0.29) is 4.90 Å². The van der Waals surface area contributed by atoms with Crippen LogP contribution in [0.1, 0.15) is 18.2 Å². The molecule has 0 atom stereocenters. The molecule has 108 valence electrons. The Morgan fingerprint density at radius 2 is 1.95 bits per heavy atom. The van der Waals surface area contributed by atoms with Gasteiger partial charge < -0.3 is 4.57 Å². The summed E-state index contributed by atoms with van der Waals surface area (Å²) in [6.07, 6.45) is 1.69. The molecule has 0 amide bonds. The molecule has 1 aromatic carbocycles. The number of aryl methyl sites for hydroxylation is 1. The van der Waals surface area contributed by atoms with Crippen LogP contribution in [-0.4, -0.2) is 18.7 Å². The van der Waals surface area contributed by atoms with E-state index in [0.29, 0.717) is 17.0 Å². The predicted octanol–water partition coefficient (Wildman–Crippen LogP) is 2.03. The summed E-state index contributed by atoms with van der Waals surface area (Å²) in [6, 6.07) is 11.4. The zero-order valence-corrected chi connectivity index (χ0v) is 12.3. The maximum Gasteiger partial charge on any atom is 0.358 e. The van der Waals surface area contributed by atoms with Crippen molar-refractivity contribution < 1.29 is 12.7 Å². The van der Waals surface area contributed by atoms with Gasteiger partial charge in [-0.3, -0.25) is 4.28 Å². The Labute approximate surface area is 123 Å². The van der Waals surface area contributed by atoms with E-state index >= 15 is 0 Å². The molecule has 2 aromatic rings. The number of oxime groups is 1. The van der Waals surface area contributed by atoms with Crippen LogP contribution in [0, 0.1) is 11.3 Å². The molecule has 6 nitrogen and oxygen atoms in total. The van der Waals surface area contributed by atoms with Gasteiger partial charge in [0.2, 0.25) is 0 Å². The van der Waals surface area contributed by atoms with Gasteiger partial charge in [-0.1, -0.05) is 23.4 Å². The smallest absolute Gasteiger partial charge is 0.348 e. The van der Waals surface area contributed by atoms with E-state index in [4.69, 9.17) is 9.55 Å². The molecular weight excluding hydrogens is 290 g/mol. The predicted molar refractivity (Wildman–Crippen MR) is 77.1 cm³/mol. The number of rotatable bonds is 4. The van der Waals surface area contributed by atoms with Gasteiger partial charge in [0, 0.05) is 13.2 Å². The summed E-state index contributed by atoms with van der Waals surface area (Å²) >= 11 is 0. The van der Waals surface area contributed by atoms with Crippen molar-refractivity contribution in [2.45, 2.75) is 11.8 Å². The van der Waals surface area contributed by atoms with Crippen molar-refractivity contribution in [1.29, 1.82) is 5.26 Å². The molecule has 0 saturated carbocycles. The van der Waals surface area contributed by atoms with Gasteiger partial charge in [-0.15, -0.1) is 0 Å². The largest absolute Gasteiger partial charge is 0.358 e. The first-order valence-corrected chi connectivity index (χ1v) is 7.45. The highest BCUT2D eigenvalue weighted by Crippen LogP contribution is 2.14. The SMILES string of the molecule is CC(=NOS(=O)(=O)c1ccccc1)c1c(C#N)ccn1C. The van der Waals surface area contributed by atoms with Gasteiger partial charge in [0.25, 0.3) is 0 Å². The van der Waals surface area contributed by atoms with Crippen LogP contribution in [0.25, 0.3) is 0 Å². The van der Waals surface area contributed by atoms with Crippen LogP contribution in [0.15, 0.2) is 52.6 Å². The maximum atomic E-state index is 11.9. The standard InChI is InChI=1S/C14H13N3O3S/c1-11(14-12(10-15)8-9-17(14)2)16-20-21(18,19)13-6-4-3-5-7-13/h3-9H,1-2H3. The second-order valence-corrected chi connectivity index (χ2v) is 5.85. The molecule has 0 aliphatic heterocycles. The van der Waals surface area contributed by atoms with Crippen LogP contribution >= 0.6 is 0 Å². The molecule has 0 spiro atoms. The molecule has 7 heteroatoms. The van der Waals surface area contributed by atoms with Gasteiger partial charge in [-0.25, -0.2) is 0 Å². The van der Waals surface area contributed by atoms with Crippen LogP contribution in [0.5, 0.6) is 0 Å². The number of aromatic nitrogens is 1. The normalized spacial score (nSPS) is 12.0. The summed E-state index contributed by atoms with van der Waals surface area (Å²) in [7, 11) is -2.22. The number of nitrogens with zero attached hydrogens (tertiary/aromatic N) is 3. The van der Waals surface area contributed by atoms with Crippen LogP contribution < -0.4 is 0 Å². The molecule has 0 radical (unpaired) electrons. The fourth-order valence-corrected chi connectivity index (χ4v) is 2.63. The van der Waals surface area contributed by atoms with Crippen molar-refractivity contribution in [1.82, 2.24) is 4.57 Å². The van der Waals surface area contributed by atoms with Gasteiger partial charge >= 0.3 is 10.1 Å². The minimum Gasteiger partial charge on any atom is -0.348 e. The van der Waals surface area contributed by atoms with Gasteiger partial charge in [0.15, 0.2) is 0 Å². The lowest BCUT2D eigenvalue weighted by Crippen LogP contribution is -2.08. The lowest BCUT2D eigenvalue weighted by molar-refractivity contribution is 0.338. The maximum absolute atomic E-state index is 11.9. The van der Waals surface area contributed by atoms with Gasteiger partial charge in [0.1, 0.15) is 16.7 Å².